The van der Waals surface area contributed by atoms with Crippen molar-refractivity contribution >= 4 is 58.3 Å². The number of aliphatic imine (C=N–C) groups is 1. The number of anilines is 2. The van der Waals surface area contributed by atoms with Gasteiger partial charge in [0.25, 0.3) is 11.8 Å². The third kappa shape index (κ3) is 6.82. The molecule has 6 nitrogen and oxygen atoms in total. The number of nitrogens with one attached hydrogen (secondary N) is 3. The molecule has 8 heteroatoms. The standard InChI is InChI=1S/C30H30Cl2N4O2/c1-18-4-5-19(2)27(14-18)36-29(37)21-8-6-20(7-9-21)17-34-28-16-23(11-13-26(28)33-3)35-30(38)22-10-12-24(31)25(32)15-22/h6-13,15-18,27,33H,2,4-5,14H2,1,3H3,(H,35,38)(H,36,37). The number of nitrogens with zero attached hydrogens (tertiary/aromatic N) is 1. The number of benzene rings is 3. The van der Waals surface area contributed by atoms with Gasteiger partial charge in [-0.15, -0.1) is 0 Å². The lowest BCUT2D eigenvalue weighted by molar-refractivity contribution is 0.0933. The van der Waals surface area contributed by atoms with Crippen molar-refractivity contribution in [2.45, 2.75) is 32.2 Å². The molecule has 1 saturated carbocycles. The molecule has 38 heavy (non-hydrogen) atoms. The lowest BCUT2D eigenvalue weighted by Crippen LogP contribution is -2.39. The summed E-state index contributed by atoms with van der Waals surface area (Å²) in [5.41, 5.74) is 4.95. The van der Waals surface area contributed by atoms with E-state index < -0.39 is 0 Å². The summed E-state index contributed by atoms with van der Waals surface area (Å²) in [5, 5.41) is 9.79. The van der Waals surface area contributed by atoms with Crippen molar-refractivity contribution in [3.8, 4) is 0 Å². The van der Waals surface area contributed by atoms with Crippen LogP contribution >= 0.6 is 23.2 Å². The molecule has 2 unspecified atom stereocenters. The fraction of sp³-hybridized carbons (Fsp3) is 0.233. The van der Waals surface area contributed by atoms with Gasteiger partial charge in [0.15, 0.2) is 0 Å². The van der Waals surface area contributed by atoms with Gasteiger partial charge in [-0.2, -0.15) is 0 Å². The zero-order valence-electron chi connectivity index (χ0n) is 21.4. The maximum absolute atomic E-state index is 12.8. The molecule has 0 aromatic heterocycles. The number of carbonyl (C=O) groups excluding carboxylic acids is 2. The Bertz CT molecular complexity index is 1390. The number of hydrogen-bond acceptors (Lipinski definition) is 4. The highest BCUT2D eigenvalue weighted by Gasteiger charge is 2.23. The molecule has 3 aromatic carbocycles. The van der Waals surface area contributed by atoms with Gasteiger partial charge in [0.05, 0.1) is 27.5 Å². The fourth-order valence-corrected chi connectivity index (χ4v) is 4.63. The first-order valence-corrected chi connectivity index (χ1v) is 13.2. The zero-order chi connectivity index (χ0) is 27.2. The third-order valence-electron chi connectivity index (χ3n) is 6.63. The molecule has 196 valence electrons. The summed E-state index contributed by atoms with van der Waals surface area (Å²) in [6.45, 7) is 6.34. The van der Waals surface area contributed by atoms with E-state index in [9.17, 15) is 9.59 Å². The van der Waals surface area contributed by atoms with E-state index in [1.807, 2.05) is 18.2 Å². The summed E-state index contributed by atoms with van der Waals surface area (Å²) in [6, 6.07) is 17.4. The Labute approximate surface area is 233 Å². The quantitative estimate of drug-likeness (QED) is 0.211. The van der Waals surface area contributed by atoms with Gasteiger partial charge in [0.1, 0.15) is 0 Å². The van der Waals surface area contributed by atoms with E-state index in [-0.39, 0.29) is 17.9 Å². The van der Waals surface area contributed by atoms with Crippen LogP contribution in [0, 0.1) is 5.92 Å². The van der Waals surface area contributed by atoms with Crippen LogP contribution in [0.15, 0.2) is 77.8 Å². The molecular weight excluding hydrogens is 519 g/mol. The van der Waals surface area contributed by atoms with Crippen LogP contribution in [0.4, 0.5) is 17.1 Å². The number of amides is 2. The number of halogens is 2. The zero-order valence-corrected chi connectivity index (χ0v) is 22.9. The van der Waals surface area contributed by atoms with E-state index in [0.29, 0.717) is 38.5 Å². The molecule has 2 amide bonds. The topological polar surface area (TPSA) is 82.6 Å². The maximum Gasteiger partial charge on any atom is 0.255 e. The maximum atomic E-state index is 12.8. The number of carbonyl (C=O) groups is 2. The van der Waals surface area contributed by atoms with Crippen LogP contribution in [0.3, 0.4) is 0 Å². The van der Waals surface area contributed by atoms with Crippen molar-refractivity contribution in [3.05, 3.63) is 99.6 Å². The molecule has 0 aliphatic heterocycles. The van der Waals surface area contributed by atoms with Crippen LogP contribution in [0.25, 0.3) is 0 Å². The van der Waals surface area contributed by atoms with Gasteiger partial charge in [-0.3, -0.25) is 14.6 Å². The van der Waals surface area contributed by atoms with Gasteiger partial charge in [0.2, 0.25) is 0 Å². The van der Waals surface area contributed by atoms with E-state index in [4.69, 9.17) is 23.2 Å². The van der Waals surface area contributed by atoms with Crippen molar-refractivity contribution < 1.29 is 9.59 Å². The second-order valence-electron chi connectivity index (χ2n) is 9.51. The van der Waals surface area contributed by atoms with Crippen LogP contribution < -0.4 is 16.0 Å². The third-order valence-corrected chi connectivity index (χ3v) is 7.37. The van der Waals surface area contributed by atoms with Crippen LogP contribution in [-0.2, 0) is 0 Å². The predicted molar refractivity (Wildman–Crippen MR) is 158 cm³/mol. The van der Waals surface area contributed by atoms with Gasteiger partial charge in [-0.25, -0.2) is 0 Å². The Morgan fingerprint density at radius 3 is 2.42 bits per heavy atom. The highest BCUT2D eigenvalue weighted by molar-refractivity contribution is 6.42. The summed E-state index contributed by atoms with van der Waals surface area (Å²) < 4.78 is 0. The summed E-state index contributed by atoms with van der Waals surface area (Å²) in [6.07, 6.45) is 4.72. The second kappa shape index (κ2) is 12.3. The van der Waals surface area contributed by atoms with Gasteiger partial charge in [0, 0.05) is 30.1 Å². The first-order valence-electron chi connectivity index (χ1n) is 12.4. The minimum Gasteiger partial charge on any atom is -0.386 e. The minimum atomic E-state index is -0.309. The molecule has 3 N–H and O–H groups in total. The molecule has 0 spiro atoms. The second-order valence-corrected chi connectivity index (χ2v) is 10.3. The lowest BCUT2D eigenvalue weighted by atomic mass is 9.84. The fourth-order valence-electron chi connectivity index (χ4n) is 4.33. The first-order chi connectivity index (χ1) is 18.2. The Morgan fingerprint density at radius 2 is 1.71 bits per heavy atom. The summed E-state index contributed by atoms with van der Waals surface area (Å²) in [5.74, 6) is 0.169. The number of rotatable bonds is 7. The Morgan fingerprint density at radius 1 is 0.974 bits per heavy atom. The minimum absolute atomic E-state index is 0.0249. The van der Waals surface area contributed by atoms with Crippen molar-refractivity contribution in [3.63, 3.8) is 0 Å². The van der Waals surface area contributed by atoms with Crippen molar-refractivity contribution in [2.24, 2.45) is 10.9 Å². The van der Waals surface area contributed by atoms with E-state index in [1.54, 1.807) is 49.7 Å². The Kier molecular flexibility index (Phi) is 8.87. The van der Waals surface area contributed by atoms with Crippen LogP contribution in [-0.4, -0.2) is 31.1 Å². The van der Waals surface area contributed by atoms with E-state index in [0.717, 1.165) is 36.1 Å². The normalized spacial score (nSPS) is 17.3. The molecule has 1 aliphatic rings. The van der Waals surface area contributed by atoms with Gasteiger partial charge in [-0.05, 0) is 79.3 Å². The Balaban J connectivity index is 1.44. The smallest absolute Gasteiger partial charge is 0.255 e. The SMILES string of the molecule is C=C1CCC(C)CC1NC(=O)c1ccc(C=Nc2cc(NC(=O)c3ccc(Cl)c(Cl)c3)ccc2NC)cc1. The highest BCUT2D eigenvalue weighted by Crippen LogP contribution is 2.30. The number of hydrogen-bond donors (Lipinski definition) is 3. The summed E-state index contributed by atoms with van der Waals surface area (Å²) in [7, 11) is 1.80. The molecule has 0 saturated heterocycles. The first kappa shape index (κ1) is 27.4. The van der Waals surface area contributed by atoms with Crippen LogP contribution in [0.5, 0.6) is 0 Å². The molecule has 1 fully saturated rings. The van der Waals surface area contributed by atoms with Crippen LogP contribution in [0.1, 0.15) is 52.5 Å². The largest absolute Gasteiger partial charge is 0.386 e. The van der Waals surface area contributed by atoms with Crippen LogP contribution in [0.2, 0.25) is 10.0 Å². The summed E-state index contributed by atoms with van der Waals surface area (Å²) in [4.78, 5) is 30.0. The molecular formula is C30H30Cl2N4O2. The van der Waals surface area contributed by atoms with Gasteiger partial charge < -0.3 is 16.0 Å². The molecule has 4 rings (SSSR count). The Hall–Kier alpha value is -3.61. The molecule has 0 heterocycles. The van der Waals surface area contributed by atoms with Crippen molar-refractivity contribution in [2.75, 3.05) is 17.7 Å². The molecule has 3 aromatic rings. The van der Waals surface area contributed by atoms with Gasteiger partial charge >= 0.3 is 0 Å². The predicted octanol–water partition coefficient (Wildman–Crippen LogP) is 7.51. The van der Waals surface area contributed by atoms with E-state index in [1.165, 1.54) is 6.07 Å². The highest BCUT2D eigenvalue weighted by atomic mass is 35.5. The summed E-state index contributed by atoms with van der Waals surface area (Å²) >= 11 is 12.0. The van der Waals surface area contributed by atoms with Gasteiger partial charge in [-0.1, -0.05) is 54.4 Å². The average molecular weight is 550 g/mol. The van der Waals surface area contributed by atoms with E-state index in [2.05, 4.69) is 34.4 Å². The molecule has 0 radical (unpaired) electrons. The van der Waals surface area contributed by atoms with E-state index >= 15 is 0 Å². The van der Waals surface area contributed by atoms with Crippen molar-refractivity contribution in [1.82, 2.24) is 5.32 Å². The average Bonchev–Trinajstić information content (AvgIpc) is 2.91. The molecule has 2 atom stereocenters. The molecule has 1 aliphatic carbocycles. The monoisotopic (exact) mass is 548 g/mol. The lowest BCUT2D eigenvalue weighted by Gasteiger charge is -2.29. The molecule has 0 bridgehead atoms. The van der Waals surface area contributed by atoms with Crippen molar-refractivity contribution in [1.29, 1.82) is 0 Å².